The summed E-state index contributed by atoms with van der Waals surface area (Å²) in [6.07, 6.45) is 7.76. The Hall–Kier alpha value is -1.46. The molecule has 2 fully saturated rings. The first-order valence-electron chi connectivity index (χ1n) is 10.4. The topological polar surface area (TPSA) is 59.0 Å². The average molecular weight is 673 g/mol. The van der Waals surface area contributed by atoms with Gasteiger partial charge in [-0.1, -0.05) is 42.0 Å². The number of benzene rings is 2. The smallest absolute Gasteiger partial charge is 0.254 e. The number of halogens is 3. The Bertz CT molecular complexity index is 1110. The molecule has 164 valence electrons. The normalized spacial score (nSPS) is 26.3. The lowest BCUT2D eigenvalue weighted by molar-refractivity contribution is -0.140. The summed E-state index contributed by atoms with van der Waals surface area (Å²) >= 11 is 10.7. The maximum Gasteiger partial charge on any atom is 0.254 e. The molecule has 2 bridgehead atoms. The van der Waals surface area contributed by atoms with Gasteiger partial charge in [0.2, 0.25) is 0 Å². The lowest BCUT2D eigenvalue weighted by atomic mass is 9.63. The largest absolute Gasteiger partial charge is 0.487 e. The van der Waals surface area contributed by atoms with E-state index in [4.69, 9.17) is 16.3 Å². The number of hydrazone groups is 1. The van der Waals surface area contributed by atoms with Gasteiger partial charge in [-0.05, 0) is 93.6 Å². The first kappa shape index (κ1) is 22.3. The van der Waals surface area contributed by atoms with Gasteiger partial charge >= 0.3 is 0 Å². The van der Waals surface area contributed by atoms with Crippen LogP contribution in [0.1, 0.15) is 24.0 Å². The molecule has 0 N–H and O–H groups in total. The van der Waals surface area contributed by atoms with Crippen molar-refractivity contribution in [1.29, 1.82) is 0 Å². The van der Waals surface area contributed by atoms with Crippen LogP contribution in [0.2, 0.25) is 5.02 Å². The van der Waals surface area contributed by atoms with Crippen molar-refractivity contribution >= 4 is 74.8 Å². The summed E-state index contributed by atoms with van der Waals surface area (Å²) in [5, 5.41) is 6.07. The Kier molecular flexibility index (Phi) is 6.32. The van der Waals surface area contributed by atoms with Crippen molar-refractivity contribution in [3.05, 3.63) is 71.8 Å². The lowest BCUT2D eigenvalue weighted by Gasteiger charge is -2.37. The monoisotopic (exact) mass is 672 g/mol. The van der Waals surface area contributed by atoms with Crippen LogP contribution in [0, 0.1) is 30.8 Å². The Morgan fingerprint density at radius 3 is 2.19 bits per heavy atom. The molecule has 3 aliphatic carbocycles. The molecule has 4 aliphatic rings. The molecule has 5 nitrogen and oxygen atoms in total. The van der Waals surface area contributed by atoms with Gasteiger partial charge in [0.15, 0.2) is 0 Å². The number of amides is 2. The van der Waals surface area contributed by atoms with Gasteiger partial charge in [0.25, 0.3) is 11.8 Å². The highest BCUT2D eigenvalue weighted by molar-refractivity contribution is 14.1. The van der Waals surface area contributed by atoms with Gasteiger partial charge in [0, 0.05) is 10.6 Å². The second-order valence-electron chi connectivity index (χ2n) is 8.27. The van der Waals surface area contributed by atoms with E-state index in [-0.39, 0.29) is 35.5 Å². The fourth-order valence-corrected chi connectivity index (χ4v) is 7.17. The average Bonchev–Trinajstić information content (AvgIpc) is 3.05. The summed E-state index contributed by atoms with van der Waals surface area (Å²) in [5.41, 5.74) is 1.72. The van der Waals surface area contributed by atoms with Crippen LogP contribution >= 0.6 is 56.8 Å². The van der Waals surface area contributed by atoms with Crippen LogP contribution in [-0.2, 0) is 16.2 Å². The molecule has 32 heavy (non-hydrogen) atoms. The zero-order valence-electron chi connectivity index (χ0n) is 16.9. The van der Waals surface area contributed by atoms with E-state index in [2.05, 4.69) is 62.4 Å². The minimum Gasteiger partial charge on any atom is -0.487 e. The molecule has 2 aromatic rings. The number of rotatable bonds is 5. The lowest BCUT2D eigenvalue weighted by Crippen LogP contribution is -2.38. The minimum absolute atomic E-state index is 0.165. The zero-order valence-corrected chi connectivity index (χ0v) is 22.0. The highest BCUT2D eigenvalue weighted by Crippen LogP contribution is 2.49. The molecular weight excluding hydrogens is 654 g/mol. The van der Waals surface area contributed by atoms with Crippen LogP contribution < -0.4 is 4.74 Å². The van der Waals surface area contributed by atoms with Gasteiger partial charge in [-0.25, -0.2) is 0 Å². The summed E-state index contributed by atoms with van der Waals surface area (Å²) in [4.78, 5) is 25.8. The highest BCUT2D eigenvalue weighted by Gasteiger charge is 2.56. The maximum absolute atomic E-state index is 12.9. The van der Waals surface area contributed by atoms with E-state index in [9.17, 15) is 9.59 Å². The van der Waals surface area contributed by atoms with Gasteiger partial charge in [-0.3, -0.25) is 9.59 Å². The molecule has 2 amide bonds. The second kappa shape index (κ2) is 9.06. The first-order valence-corrected chi connectivity index (χ1v) is 12.9. The minimum atomic E-state index is -0.246. The third-order valence-electron chi connectivity index (χ3n) is 6.41. The number of carbonyl (C=O) groups is 2. The summed E-state index contributed by atoms with van der Waals surface area (Å²) < 4.78 is 7.86. The molecule has 1 saturated carbocycles. The number of ether oxygens (including phenoxy) is 1. The van der Waals surface area contributed by atoms with E-state index in [0.717, 1.165) is 41.9 Å². The van der Waals surface area contributed by atoms with E-state index >= 15 is 0 Å². The molecule has 0 aromatic heterocycles. The number of carbonyl (C=O) groups excluding carboxylic acids is 2. The number of hydrogen-bond acceptors (Lipinski definition) is 4. The molecule has 1 aliphatic heterocycles. The molecule has 4 atom stereocenters. The van der Waals surface area contributed by atoms with Crippen LogP contribution in [0.5, 0.6) is 5.75 Å². The molecule has 2 aromatic carbocycles. The summed E-state index contributed by atoms with van der Waals surface area (Å²) in [6, 6.07) is 11.5. The van der Waals surface area contributed by atoms with E-state index in [1.165, 1.54) is 0 Å². The molecule has 0 unspecified atom stereocenters. The van der Waals surface area contributed by atoms with Crippen LogP contribution in [0.15, 0.2) is 53.7 Å². The molecule has 1 heterocycles. The van der Waals surface area contributed by atoms with Crippen molar-refractivity contribution in [2.75, 3.05) is 0 Å². The standard InChI is InChI=1S/C24H19ClI2N2O3/c25-17-4-2-1-3-16(17)12-32-22-18(26)9-13(10-19(22)27)11-28-29-23(30)20-14-5-6-15(8-7-14)21(20)24(29)31/h1-6,9-11,14-15,20-21H,7-8,12H2/b28-11-/t14-,15-,20+,21+/m1/s1. The van der Waals surface area contributed by atoms with Crippen molar-refractivity contribution < 1.29 is 14.3 Å². The Morgan fingerprint density at radius 2 is 1.62 bits per heavy atom. The molecule has 1 saturated heterocycles. The first-order chi connectivity index (χ1) is 15.4. The van der Waals surface area contributed by atoms with Crippen LogP contribution in [0.4, 0.5) is 0 Å². The van der Waals surface area contributed by atoms with Crippen molar-refractivity contribution in [1.82, 2.24) is 5.01 Å². The molecular formula is C24H19ClI2N2O3. The van der Waals surface area contributed by atoms with Crippen molar-refractivity contribution in [2.24, 2.45) is 28.8 Å². The van der Waals surface area contributed by atoms with Crippen molar-refractivity contribution in [2.45, 2.75) is 19.4 Å². The van der Waals surface area contributed by atoms with E-state index in [0.29, 0.717) is 11.6 Å². The van der Waals surface area contributed by atoms with Gasteiger partial charge in [0.05, 0.1) is 25.2 Å². The molecule has 0 spiro atoms. The summed E-state index contributed by atoms with van der Waals surface area (Å²) in [6.45, 7) is 0.370. The fraction of sp³-hybridized carbons (Fsp3) is 0.292. The van der Waals surface area contributed by atoms with Gasteiger partial charge in [0.1, 0.15) is 12.4 Å². The summed E-state index contributed by atoms with van der Waals surface area (Å²) in [7, 11) is 0. The molecule has 6 rings (SSSR count). The predicted octanol–water partition coefficient (Wildman–Crippen LogP) is 5.66. The molecule has 8 heteroatoms. The number of nitrogens with zero attached hydrogens (tertiary/aromatic N) is 2. The number of fused-ring (bicyclic) bond motifs is 1. The van der Waals surface area contributed by atoms with Gasteiger partial charge in [-0.15, -0.1) is 0 Å². The van der Waals surface area contributed by atoms with Crippen molar-refractivity contribution in [3.63, 3.8) is 0 Å². The second-order valence-corrected chi connectivity index (χ2v) is 11.0. The Morgan fingerprint density at radius 1 is 1.03 bits per heavy atom. The highest BCUT2D eigenvalue weighted by atomic mass is 127. The Labute approximate surface area is 218 Å². The van der Waals surface area contributed by atoms with Gasteiger partial charge < -0.3 is 4.74 Å². The quantitative estimate of drug-likeness (QED) is 0.179. The van der Waals surface area contributed by atoms with Crippen LogP contribution in [-0.4, -0.2) is 23.0 Å². The third-order valence-corrected chi connectivity index (χ3v) is 8.38. The zero-order chi connectivity index (χ0) is 22.4. The SMILES string of the molecule is O=C1[C@@H]2[C@@H](C(=O)N1/N=C\c1cc(I)c(OCc3ccccc3Cl)c(I)c1)[C@@H]1C=C[C@@H]2CC1. The van der Waals surface area contributed by atoms with Crippen LogP contribution in [0.3, 0.4) is 0 Å². The van der Waals surface area contributed by atoms with Crippen LogP contribution in [0.25, 0.3) is 0 Å². The van der Waals surface area contributed by atoms with E-state index < -0.39 is 0 Å². The predicted molar refractivity (Wildman–Crippen MR) is 139 cm³/mol. The summed E-state index contributed by atoms with van der Waals surface area (Å²) in [5.74, 6) is 0.272. The van der Waals surface area contributed by atoms with Gasteiger partial charge in [-0.2, -0.15) is 10.1 Å². The third kappa shape index (κ3) is 4.00. The fourth-order valence-electron chi connectivity index (χ4n) is 4.85. The Balaban J connectivity index is 1.32. The number of allylic oxidation sites excluding steroid dienone is 2. The molecule has 0 radical (unpaired) electrons. The van der Waals surface area contributed by atoms with E-state index in [1.54, 1.807) is 6.21 Å². The number of imide groups is 1. The maximum atomic E-state index is 12.9. The van der Waals surface area contributed by atoms with Crippen molar-refractivity contribution in [3.8, 4) is 5.75 Å². The number of hydrogen-bond donors (Lipinski definition) is 0. The van der Waals surface area contributed by atoms with E-state index in [1.807, 2.05) is 36.4 Å².